The highest BCUT2D eigenvalue weighted by molar-refractivity contribution is 6.04. The normalized spacial score (nSPS) is 13.4. The number of hydrogen-bond acceptors (Lipinski definition) is 6. The Morgan fingerprint density at radius 3 is 2.68 bits per heavy atom. The van der Waals surface area contributed by atoms with E-state index >= 15 is 0 Å². The molecule has 0 radical (unpaired) electrons. The third-order valence-corrected chi connectivity index (χ3v) is 4.25. The monoisotopic (exact) mass is 342 g/mol. The van der Waals surface area contributed by atoms with E-state index in [1.54, 1.807) is 13.2 Å². The molecule has 0 saturated carbocycles. The minimum atomic E-state index is 0.0891. The van der Waals surface area contributed by atoms with Crippen molar-refractivity contribution in [3.8, 4) is 23.0 Å². The van der Waals surface area contributed by atoms with Gasteiger partial charge in [0.2, 0.25) is 6.79 Å². The molecule has 1 aliphatic heterocycles. The van der Waals surface area contributed by atoms with E-state index in [-0.39, 0.29) is 18.5 Å². The number of phenolic OH excluding ortho intramolecular Hbond substituents is 1. The fourth-order valence-corrected chi connectivity index (χ4v) is 2.90. The molecule has 0 aliphatic carbocycles. The van der Waals surface area contributed by atoms with Gasteiger partial charge in [-0.25, -0.2) is 0 Å². The summed E-state index contributed by atoms with van der Waals surface area (Å²) in [6, 6.07) is 9.19. The highest BCUT2D eigenvalue weighted by atomic mass is 16.7. The Labute approximate surface area is 146 Å². The Hall–Kier alpha value is -2.89. The third-order valence-electron chi connectivity index (χ3n) is 4.25. The summed E-state index contributed by atoms with van der Waals surface area (Å²) in [5, 5.41) is 14.3. The van der Waals surface area contributed by atoms with Crippen molar-refractivity contribution in [1.29, 1.82) is 0 Å². The second kappa shape index (κ2) is 6.93. The lowest BCUT2D eigenvalue weighted by Crippen LogP contribution is -2.10. The van der Waals surface area contributed by atoms with E-state index in [0.717, 1.165) is 16.9 Å². The lowest BCUT2D eigenvalue weighted by atomic mass is 9.94. The molecule has 0 amide bonds. The Kier molecular flexibility index (Phi) is 4.70. The zero-order valence-corrected chi connectivity index (χ0v) is 14.6. The van der Waals surface area contributed by atoms with E-state index in [0.29, 0.717) is 29.2 Å². The molecule has 132 valence electrons. The molecular formula is C19H22N2O4. The molecule has 3 N–H and O–H groups in total. The molecule has 2 aromatic rings. The first kappa shape index (κ1) is 17.0. The van der Waals surface area contributed by atoms with Crippen LogP contribution < -0.4 is 20.1 Å². The van der Waals surface area contributed by atoms with Gasteiger partial charge >= 0.3 is 0 Å². The van der Waals surface area contributed by atoms with Crippen molar-refractivity contribution in [3.63, 3.8) is 0 Å². The number of phenols is 1. The first-order valence-electron chi connectivity index (χ1n) is 8.10. The van der Waals surface area contributed by atoms with Crippen LogP contribution in [0.25, 0.3) is 0 Å². The van der Waals surface area contributed by atoms with Crippen molar-refractivity contribution in [2.24, 2.45) is 10.9 Å². The molecule has 2 aromatic carbocycles. The molecule has 0 atom stereocenters. The smallest absolute Gasteiger partial charge is 0.231 e. The molecule has 3 rings (SSSR count). The topological polar surface area (TPSA) is 86.3 Å². The number of rotatable bonds is 5. The Morgan fingerprint density at radius 1 is 1.24 bits per heavy atom. The van der Waals surface area contributed by atoms with Crippen LogP contribution in [0.4, 0.5) is 0 Å². The molecule has 0 bridgehead atoms. The fraction of sp³-hybridized carbons (Fsp3) is 0.316. The minimum absolute atomic E-state index is 0.0891. The molecule has 0 unspecified atom stereocenters. The van der Waals surface area contributed by atoms with Gasteiger partial charge in [0.05, 0.1) is 12.8 Å². The summed E-state index contributed by atoms with van der Waals surface area (Å²) in [4.78, 5) is 0. The predicted molar refractivity (Wildman–Crippen MR) is 95.7 cm³/mol. The Balaban J connectivity index is 1.95. The summed E-state index contributed by atoms with van der Waals surface area (Å²) in [7, 11) is 1.59. The summed E-state index contributed by atoms with van der Waals surface area (Å²) in [5.74, 6) is 8.02. The Bertz CT molecular complexity index is 815. The zero-order valence-electron chi connectivity index (χ0n) is 14.6. The van der Waals surface area contributed by atoms with Gasteiger partial charge in [0, 0.05) is 18.1 Å². The molecule has 0 saturated heterocycles. The molecule has 6 nitrogen and oxygen atoms in total. The Morgan fingerprint density at radius 2 is 2.00 bits per heavy atom. The molecule has 1 heterocycles. The van der Waals surface area contributed by atoms with Gasteiger partial charge in [0.1, 0.15) is 11.5 Å². The maximum atomic E-state index is 10.4. The van der Waals surface area contributed by atoms with Gasteiger partial charge in [-0.3, -0.25) is 0 Å². The molecule has 1 aliphatic rings. The second-order valence-electron chi connectivity index (χ2n) is 6.21. The van der Waals surface area contributed by atoms with Crippen molar-refractivity contribution < 1.29 is 19.3 Å². The fourth-order valence-electron chi connectivity index (χ4n) is 2.90. The highest BCUT2D eigenvalue weighted by Crippen LogP contribution is 2.35. The second-order valence-corrected chi connectivity index (χ2v) is 6.21. The maximum absolute atomic E-state index is 10.4. The molecule has 0 fully saturated rings. The van der Waals surface area contributed by atoms with Crippen molar-refractivity contribution in [1.82, 2.24) is 0 Å². The first-order chi connectivity index (χ1) is 12.0. The van der Waals surface area contributed by atoms with Gasteiger partial charge < -0.3 is 25.2 Å². The average molecular weight is 342 g/mol. The number of aromatic hydroxyl groups is 1. The van der Waals surface area contributed by atoms with E-state index in [4.69, 9.17) is 20.1 Å². The molecule has 0 aromatic heterocycles. The average Bonchev–Trinajstić information content (AvgIpc) is 3.07. The zero-order chi connectivity index (χ0) is 18.0. The lowest BCUT2D eigenvalue weighted by molar-refractivity contribution is 0.174. The van der Waals surface area contributed by atoms with Gasteiger partial charge in [-0.05, 0) is 35.2 Å². The van der Waals surface area contributed by atoms with Gasteiger partial charge in [-0.1, -0.05) is 19.9 Å². The number of hydrogen-bond donors (Lipinski definition) is 2. The number of nitrogens with two attached hydrogens (primary N) is 1. The quantitative estimate of drug-likeness (QED) is 0.495. The molecular weight excluding hydrogens is 320 g/mol. The van der Waals surface area contributed by atoms with E-state index in [1.165, 1.54) is 0 Å². The van der Waals surface area contributed by atoms with Crippen molar-refractivity contribution in [2.45, 2.75) is 26.2 Å². The summed E-state index contributed by atoms with van der Waals surface area (Å²) in [6.07, 6.45) is 0.463. The van der Waals surface area contributed by atoms with Gasteiger partial charge in [-0.15, -0.1) is 0 Å². The minimum Gasteiger partial charge on any atom is -0.507 e. The van der Waals surface area contributed by atoms with Gasteiger partial charge in [0.25, 0.3) is 0 Å². The summed E-state index contributed by atoms with van der Waals surface area (Å²) in [5.41, 5.74) is 3.14. The van der Waals surface area contributed by atoms with Crippen LogP contribution in [-0.4, -0.2) is 24.7 Å². The van der Waals surface area contributed by atoms with Crippen LogP contribution >= 0.6 is 0 Å². The third kappa shape index (κ3) is 3.33. The maximum Gasteiger partial charge on any atom is 0.231 e. The number of ether oxygens (including phenoxy) is 3. The van der Waals surface area contributed by atoms with E-state index in [9.17, 15) is 5.11 Å². The van der Waals surface area contributed by atoms with Crippen LogP contribution in [0, 0.1) is 0 Å². The highest BCUT2D eigenvalue weighted by Gasteiger charge is 2.18. The number of methoxy groups -OCH3 is 1. The van der Waals surface area contributed by atoms with Gasteiger partial charge in [-0.2, -0.15) is 5.10 Å². The van der Waals surface area contributed by atoms with Crippen molar-refractivity contribution >= 4 is 5.71 Å². The van der Waals surface area contributed by atoms with Crippen LogP contribution in [0.2, 0.25) is 0 Å². The standard InChI is InChI=1S/C19H22N2O4/c1-11(2)13-8-14(16(22)9-18(13)23-3)15(21-20)6-12-4-5-17-19(7-12)25-10-24-17/h4-5,7-9,11,22H,6,10,20H2,1-3H3/b21-15-. The summed E-state index contributed by atoms with van der Waals surface area (Å²) < 4.78 is 16.1. The van der Waals surface area contributed by atoms with Crippen molar-refractivity contribution in [3.05, 3.63) is 47.0 Å². The van der Waals surface area contributed by atoms with E-state index in [1.807, 2.05) is 24.3 Å². The number of hydrazone groups is 1. The predicted octanol–water partition coefficient (Wildman–Crippen LogP) is 3.16. The van der Waals surface area contributed by atoms with Crippen LogP contribution in [0.1, 0.15) is 36.5 Å². The molecule has 0 spiro atoms. The number of benzene rings is 2. The van der Waals surface area contributed by atoms with Crippen LogP contribution in [0.15, 0.2) is 35.4 Å². The van der Waals surface area contributed by atoms with Crippen LogP contribution in [0.3, 0.4) is 0 Å². The number of fused-ring (bicyclic) bond motifs is 1. The summed E-state index contributed by atoms with van der Waals surface area (Å²) in [6.45, 7) is 4.36. The molecule has 25 heavy (non-hydrogen) atoms. The molecule has 6 heteroatoms. The lowest BCUT2D eigenvalue weighted by Gasteiger charge is -2.16. The van der Waals surface area contributed by atoms with E-state index < -0.39 is 0 Å². The van der Waals surface area contributed by atoms with Crippen molar-refractivity contribution in [2.75, 3.05) is 13.9 Å². The first-order valence-corrected chi connectivity index (χ1v) is 8.10. The largest absolute Gasteiger partial charge is 0.507 e. The van der Waals surface area contributed by atoms with Crippen LogP contribution in [-0.2, 0) is 6.42 Å². The number of nitrogens with zero attached hydrogens (tertiary/aromatic N) is 1. The SMILES string of the molecule is COc1cc(O)c(/C(Cc2ccc3c(c2)OCO3)=N\N)cc1C(C)C. The van der Waals surface area contributed by atoms with Gasteiger partial charge in [0.15, 0.2) is 11.5 Å². The summed E-state index contributed by atoms with van der Waals surface area (Å²) >= 11 is 0. The van der Waals surface area contributed by atoms with Crippen LogP contribution in [0.5, 0.6) is 23.0 Å². The van der Waals surface area contributed by atoms with E-state index in [2.05, 4.69) is 18.9 Å².